The van der Waals surface area contributed by atoms with Crippen LogP contribution in [-0.2, 0) is 0 Å². The molecule has 0 aromatic heterocycles. The first-order valence-corrected chi connectivity index (χ1v) is 6.61. The SMILES string of the molecule is CC1CNCC1CN(CC1CC1)C(C)C. The minimum Gasteiger partial charge on any atom is -0.316 e. The van der Waals surface area contributed by atoms with Crippen molar-refractivity contribution >= 4 is 0 Å². The van der Waals surface area contributed by atoms with Crippen LogP contribution in [0.25, 0.3) is 0 Å². The van der Waals surface area contributed by atoms with E-state index in [0.29, 0.717) is 0 Å². The smallest absolute Gasteiger partial charge is 0.00388 e. The van der Waals surface area contributed by atoms with Gasteiger partial charge in [-0.05, 0) is 57.5 Å². The highest BCUT2D eigenvalue weighted by molar-refractivity contribution is 4.84. The summed E-state index contributed by atoms with van der Waals surface area (Å²) in [4.78, 5) is 2.70. The largest absolute Gasteiger partial charge is 0.316 e. The molecule has 1 heterocycles. The van der Waals surface area contributed by atoms with Crippen molar-refractivity contribution in [1.29, 1.82) is 0 Å². The van der Waals surface area contributed by atoms with Crippen molar-refractivity contribution in [2.75, 3.05) is 26.2 Å². The number of hydrogen-bond donors (Lipinski definition) is 1. The Morgan fingerprint density at radius 3 is 2.40 bits per heavy atom. The van der Waals surface area contributed by atoms with Gasteiger partial charge in [-0.25, -0.2) is 0 Å². The zero-order valence-electron chi connectivity index (χ0n) is 10.5. The third kappa shape index (κ3) is 3.18. The molecule has 88 valence electrons. The van der Waals surface area contributed by atoms with Crippen LogP contribution < -0.4 is 5.32 Å². The van der Waals surface area contributed by atoms with Crippen molar-refractivity contribution in [2.24, 2.45) is 17.8 Å². The Balaban J connectivity index is 1.81. The van der Waals surface area contributed by atoms with Crippen LogP contribution in [0.2, 0.25) is 0 Å². The highest BCUT2D eigenvalue weighted by Gasteiger charge is 2.29. The lowest BCUT2D eigenvalue weighted by molar-refractivity contribution is 0.171. The van der Waals surface area contributed by atoms with Gasteiger partial charge in [0, 0.05) is 19.1 Å². The van der Waals surface area contributed by atoms with Gasteiger partial charge in [-0.2, -0.15) is 0 Å². The van der Waals surface area contributed by atoms with Gasteiger partial charge < -0.3 is 10.2 Å². The maximum Gasteiger partial charge on any atom is 0.00388 e. The van der Waals surface area contributed by atoms with Crippen molar-refractivity contribution in [1.82, 2.24) is 10.2 Å². The highest BCUT2D eigenvalue weighted by Crippen LogP contribution is 2.31. The molecule has 2 rings (SSSR count). The summed E-state index contributed by atoms with van der Waals surface area (Å²) in [5, 5.41) is 3.51. The average molecular weight is 210 g/mol. The Morgan fingerprint density at radius 1 is 1.20 bits per heavy atom. The van der Waals surface area contributed by atoms with E-state index in [9.17, 15) is 0 Å². The standard InChI is InChI=1S/C13H26N2/c1-10(2)15(8-12-4-5-12)9-13-7-14-6-11(13)3/h10-14H,4-9H2,1-3H3. The van der Waals surface area contributed by atoms with Crippen LogP contribution >= 0.6 is 0 Å². The van der Waals surface area contributed by atoms with Gasteiger partial charge in [0.15, 0.2) is 0 Å². The Morgan fingerprint density at radius 2 is 1.93 bits per heavy atom. The molecule has 2 heteroatoms. The van der Waals surface area contributed by atoms with Gasteiger partial charge in [0.05, 0.1) is 0 Å². The molecule has 1 aliphatic heterocycles. The molecular formula is C13H26N2. The Labute approximate surface area is 94.4 Å². The summed E-state index contributed by atoms with van der Waals surface area (Å²) >= 11 is 0. The van der Waals surface area contributed by atoms with Gasteiger partial charge in [0.2, 0.25) is 0 Å². The molecule has 2 atom stereocenters. The molecule has 1 saturated carbocycles. The molecule has 0 spiro atoms. The number of rotatable bonds is 5. The first-order valence-electron chi connectivity index (χ1n) is 6.61. The zero-order chi connectivity index (χ0) is 10.8. The lowest BCUT2D eigenvalue weighted by atomic mass is 9.97. The molecule has 1 saturated heterocycles. The van der Waals surface area contributed by atoms with Crippen LogP contribution in [0, 0.1) is 17.8 Å². The van der Waals surface area contributed by atoms with E-state index >= 15 is 0 Å². The molecule has 15 heavy (non-hydrogen) atoms. The molecule has 2 aliphatic rings. The molecule has 0 aromatic rings. The second-order valence-electron chi connectivity index (χ2n) is 5.89. The third-order valence-electron chi connectivity index (χ3n) is 4.07. The number of nitrogens with zero attached hydrogens (tertiary/aromatic N) is 1. The number of hydrogen-bond acceptors (Lipinski definition) is 2. The molecular weight excluding hydrogens is 184 g/mol. The summed E-state index contributed by atoms with van der Waals surface area (Å²) in [6.07, 6.45) is 2.95. The van der Waals surface area contributed by atoms with Gasteiger partial charge in [0.25, 0.3) is 0 Å². The second-order valence-corrected chi connectivity index (χ2v) is 5.89. The van der Waals surface area contributed by atoms with E-state index < -0.39 is 0 Å². The molecule has 1 aliphatic carbocycles. The third-order valence-corrected chi connectivity index (χ3v) is 4.07. The van der Waals surface area contributed by atoms with Crippen LogP contribution in [0.15, 0.2) is 0 Å². The van der Waals surface area contributed by atoms with E-state index in [1.54, 1.807) is 0 Å². The minimum absolute atomic E-state index is 0.721. The summed E-state index contributed by atoms with van der Waals surface area (Å²) in [5.74, 6) is 2.77. The molecule has 0 aromatic carbocycles. The summed E-state index contributed by atoms with van der Waals surface area (Å²) in [5.41, 5.74) is 0. The first kappa shape index (κ1) is 11.4. The first-order chi connectivity index (χ1) is 7.16. The van der Waals surface area contributed by atoms with E-state index in [2.05, 4.69) is 31.0 Å². The van der Waals surface area contributed by atoms with Gasteiger partial charge in [-0.15, -0.1) is 0 Å². The van der Waals surface area contributed by atoms with Crippen molar-refractivity contribution in [3.05, 3.63) is 0 Å². The second kappa shape index (κ2) is 4.84. The lowest BCUT2D eigenvalue weighted by Crippen LogP contribution is -2.38. The summed E-state index contributed by atoms with van der Waals surface area (Å²) in [7, 11) is 0. The van der Waals surface area contributed by atoms with Crippen molar-refractivity contribution in [3.8, 4) is 0 Å². The predicted octanol–water partition coefficient (Wildman–Crippen LogP) is 1.96. The molecule has 0 bridgehead atoms. The van der Waals surface area contributed by atoms with Gasteiger partial charge in [0.1, 0.15) is 0 Å². The summed E-state index contributed by atoms with van der Waals surface area (Å²) < 4.78 is 0. The van der Waals surface area contributed by atoms with Gasteiger partial charge >= 0.3 is 0 Å². The normalized spacial score (nSPS) is 31.8. The van der Waals surface area contributed by atoms with E-state index in [1.165, 1.54) is 39.0 Å². The zero-order valence-corrected chi connectivity index (χ0v) is 10.5. The summed E-state index contributed by atoms with van der Waals surface area (Å²) in [6.45, 7) is 12.2. The predicted molar refractivity (Wildman–Crippen MR) is 65.0 cm³/mol. The van der Waals surface area contributed by atoms with Crippen molar-refractivity contribution in [3.63, 3.8) is 0 Å². The lowest BCUT2D eigenvalue weighted by Gasteiger charge is -2.30. The molecule has 1 N–H and O–H groups in total. The quantitative estimate of drug-likeness (QED) is 0.746. The topological polar surface area (TPSA) is 15.3 Å². The van der Waals surface area contributed by atoms with E-state index in [0.717, 1.165) is 23.8 Å². The van der Waals surface area contributed by atoms with Crippen LogP contribution in [0.3, 0.4) is 0 Å². The molecule has 2 unspecified atom stereocenters. The highest BCUT2D eigenvalue weighted by atomic mass is 15.2. The average Bonchev–Trinajstić information content (AvgIpc) is 2.90. The van der Waals surface area contributed by atoms with Crippen LogP contribution in [0.4, 0.5) is 0 Å². The fourth-order valence-electron chi connectivity index (χ4n) is 2.54. The molecule has 0 radical (unpaired) electrons. The Kier molecular flexibility index (Phi) is 3.68. The van der Waals surface area contributed by atoms with E-state index in [1.807, 2.05) is 0 Å². The molecule has 2 fully saturated rings. The molecule has 2 nitrogen and oxygen atoms in total. The fourth-order valence-corrected chi connectivity index (χ4v) is 2.54. The number of nitrogens with one attached hydrogen (secondary N) is 1. The monoisotopic (exact) mass is 210 g/mol. The van der Waals surface area contributed by atoms with Crippen LogP contribution in [-0.4, -0.2) is 37.1 Å². The maximum absolute atomic E-state index is 3.51. The summed E-state index contributed by atoms with van der Waals surface area (Å²) in [6, 6.07) is 0.721. The van der Waals surface area contributed by atoms with Crippen molar-refractivity contribution in [2.45, 2.75) is 39.7 Å². The van der Waals surface area contributed by atoms with Crippen molar-refractivity contribution < 1.29 is 0 Å². The molecule has 0 amide bonds. The van der Waals surface area contributed by atoms with Gasteiger partial charge in [-0.1, -0.05) is 6.92 Å². The van der Waals surface area contributed by atoms with E-state index in [-0.39, 0.29) is 0 Å². The Hall–Kier alpha value is -0.0800. The van der Waals surface area contributed by atoms with E-state index in [4.69, 9.17) is 0 Å². The van der Waals surface area contributed by atoms with Crippen LogP contribution in [0.1, 0.15) is 33.6 Å². The maximum atomic E-state index is 3.51. The van der Waals surface area contributed by atoms with Gasteiger partial charge in [-0.3, -0.25) is 0 Å². The fraction of sp³-hybridized carbons (Fsp3) is 1.00. The minimum atomic E-state index is 0.721. The van der Waals surface area contributed by atoms with Crippen LogP contribution in [0.5, 0.6) is 0 Å². The Bertz CT molecular complexity index is 199.